The predicted molar refractivity (Wildman–Crippen MR) is 62.9 cm³/mol. The molecule has 0 saturated heterocycles. The van der Waals surface area contributed by atoms with Crippen LogP contribution in [-0.4, -0.2) is 19.1 Å². The van der Waals surface area contributed by atoms with Gasteiger partial charge in [-0.1, -0.05) is 26.2 Å². The molecule has 1 atom stereocenters. The number of hydrogen-bond donors (Lipinski definition) is 1. The van der Waals surface area contributed by atoms with Crippen molar-refractivity contribution in [2.75, 3.05) is 7.11 Å². The molecule has 2 bridgehead atoms. The van der Waals surface area contributed by atoms with Gasteiger partial charge >= 0.3 is 5.97 Å². The smallest absolute Gasteiger partial charge is 0.323 e. The van der Waals surface area contributed by atoms with Gasteiger partial charge in [-0.3, -0.25) is 4.79 Å². The Kier molecular flexibility index (Phi) is 2.99. The number of carbonyl (C=O) groups is 1. The monoisotopic (exact) mass is 225 g/mol. The van der Waals surface area contributed by atoms with Gasteiger partial charge in [0, 0.05) is 0 Å². The van der Waals surface area contributed by atoms with Gasteiger partial charge in [-0.15, -0.1) is 0 Å². The van der Waals surface area contributed by atoms with E-state index >= 15 is 0 Å². The molecule has 92 valence electrons. The van der Waals surface area contributed by atoms with Crippen LogP contribution in [0.25, 0.3) is 0 Å². The van der Waals surface area contributed by atoms with E-state index in [4.69, 9.17) is 10.5 Å². The lowest BCUT2D eigenvalue weighted by atomic mass is 9.32. The molecule has 0 amide bonds. The van der Waals surface area contributed by atoms with Gasteiger partial charge in [0.2, 0.25) is 0 Å². The lowest BCUT2D eigenvalue weighted by molar-refractivity contribution is -0.225. The molecule has 0 aromatic heterocycles. The summed E-state index contributed by atoms with van der Waals surface area (Å²) in [6.07, 6.45) is 8.73. The number of rotatable bonds is 6. The Balaban J connectivity index is 1.77. The molecule has 3 heteroatoms. The van der Waals surface area contributed by atoms with Gasteiger partial charge in [0.1, 0.15) is 6.04 Å². The Morgan fingerprint density at radius 2 is 2.00 bits per heavy atom. The first-order valence-electron chi connectivity index (χ1n) is 6.41. The summed E-state index contributed by atoms with van der Waals surface area (Å²) in [5.41, 5.74) is 6.61. The number of carbonyl (C=O) groups excluding carboxylic acids is 1. The van der Waals surface area contributed by atoms with Crippen molar-refractivity contribution in [3.05, 3.63) is 0 Å². The third-order valence-electron chi connectivity index (χ3n) is 4.61. The van der Waals surface area contributed by atoms with Crippen molar-refractivity contribution in [1.29, 1.82) is 0 Å². The lowest BCUT2D eigenvalue weighted by Crippen LogP contribution is -2.70. The Morgan fingerprint density at radius 3 is 2.50 bits per heavy atom. The Labute approximate surface area is 97.7 Å². The van der Waals surface area contributed by atoms with Crippen LogP contribution >= 0.6 is 0 Å². The van der Waals surface area contributed by atoms with Crippen LogP contribution in [0.2, 0.25) is 0 Å². The molecule has 1 unspecified atom stereocenters. The van der Waals surface area contributed by atoms with Crippen LogP contribution in [0.4, 0.5) is 0 Å². The molecule has 3 aliphatic carbocycles. The highest BCUT2D eigenvalue weighted by molar-refractivity contribution is 5.77. The van der Waals surface area contributed by atoms with E-state index in [2.05, 4.69) is 6.92 Å². The van der Waals surface area contributed by atoms with Crippen molar-refractivity contribution < 1.29 is 9.53 Å². The topological polar surface area (TPSA) is 52.3 Å². The average Bonchev–Trinajstić information content (AvgIpc) is 2.17. The summed E-state index contributed by atoms with van der Waals surface area (Å²) >= 11 is 0. The molecule has 0 aromatic rings. The summed E-state index contributed by atoms with van der Waals surface area (Å²) in [7, 11) is 1.42. The molecule has 2 N–H and O–H groups in total. The molecule has 16 heavy (non-hydrogen) atoms. The van der Waals surface area contributed by atoms with Crippen molar-refractivity contribution in [2.24, 2.45) is 16.6 Å². The van der Waals surface area contributed by atoms with Gasteiger partial charge in [0.05, 0.1) is 7.11 Å². The van der Waals surface area contributed by atoms with E-state index in [0.29, 0.717) is 5.41 Å². The van der Waals surface area contributed by atoms with Gasteiger partial charge in [0.15, 0.2) is 0 Å². The summed E-state index contributed by atoms with van der Waals surface area (Å²) < 4.78 is 4.73. The van der Waals surface area contributed by atoms with Gasteiger partial charge in [-0.25, -0.2) is 0 Å². The maximum absolute atomic E-state index is 11.4. The van der Waals surface area contributed by atoms with Crippen LogP contribution in [0, 0.1) is 10.8 Å². The minimum atomic E-state index is -0.384. The lowest BCUT2D eigenvalue weighted by Gasteiger charge is -2.72. The van der Waals surface area contributed by atoms with E-state index in [1.54, 1.807) is 0 Å². The van der Waals surface area contributed by atoms with Crippen LogP contribution in [-0.2, 0) is 9.53 Å². The maximum atomic E-state index is 11.4. The number of unbranched alkanes of at least 4 members (excludes halogenated alkanes) is 2. The summed E-state index contributed by atoms with van der Waals surface area (Å²) in [6.45, 7) is 2.23. The zero-order valence-electron chi connectivity index (χ0n) is 10.4. The Morgan fingerprint density at radius 1 is 1.38 bits per heavy atom. The molecular formula is C13H23NO2. The second kappa shape index (κ2) is 4.02. The highest BCUT2D eigenvalue weighted by Gasteiger charge is 2.70. The van der Waals surface area contributed by atoms with Crippen molar-refractivity contribution in [2.45, 2.75) is 57.9 Å². The molecule has 0 heterocycles. The number of nitrogens with two attached hydrogens (primary N) is 1. The van der Waals surface area contributed by atoms with Gasteiger partial charge in [-0.2, -0.15) is 0 Å². The van der Waals surface area contributed by atoms with Crippen molar-refractivity contribution in [3.63, 3.8) is 0 Å². The Bertz CT molecular complexity index is 268. The quantitative estimate of drug-likeness (QED) is 0.557. The second-order valence-electron chi connectivity index (χ2n) is 5.85. The third-order valence-corrected chi connectivity index (χ3v) is 4.61. The first kappa shape index (κ1) is 11.9. The number of methoxy groups -OCH3 is 1. The highest BCUT2D eigenvalue weighted by atomic mass is 16.5. The van der Waals surface area contributed by atoms with E-state index in [1.165, 1.54) is 32.8 Å². The molecule has 3 aliphatic rings. The van der Waals surface area contributed by atoms with Crippen molar-refractivity contribution >= 4 is 5.97 Å². The third kappa shape index (κ3) is 1.65. The highest BCUT2D eigenvalue weighted by Crippen LogP contribution is 2.76. The van der Waals surface area contributed by atoms with E-state index in [1.807, 2.05) is 0 Å². The molecule has 0 aromatic carbocycles. The molecule has 3 rings (SSSR count). The van der Waals surface area contributed by atoms with Crippen LogP contribution in [0.5, 0.6) is 0 Å². The van der Waals surface area contributed by atoms with E-state index in [0.717, 1.165) is 19.3 Å². The zero-order chi connectivity index (χ0) is 11.8. The van der Waals surface area contributed by atoms with Crippen molar-refractivity contribution in [3.8, 4) is 0 Å². The summed E-state index contributed by atoms with van der Waals surface area (Å²) in [6, 6.07) is -0.384. The van der Waals surface area contributed by atoms with Gasteiger partial charge in [-0.05, 0) is 36.5 Å². The van der Waals surface area contributed by atoms with Crippen LogP contribution in [0.3, 0.4) is 0 Å². The fourth-order valence-corrected chi connectivity index (χ4v) is 3.81. The molecule has 3 saturated carbocycles. The van der Waals surface area contributed by atoms with Crippen LogP contribution in [0.1, 0.15) is 51.9 Å². The van der Waals surface area contributed by atoms with Crippen LogP contribution < -0.4 is 5.73 Å². The molecule has 3 fully saturated rings. The normalized spacial score (nSPS) is 37.2. The largest absolute Gasteiger partial charge is 0.468 e. The predicted octanol–water partition coefficient (Wildman–Crippen LogP) is 2.24. The maximum Gasteiger partial charge on any atom is 0.323 e. The minimum Gasteiger partial charge on any atom is -0.468 e. The molecule has 3 nitrogen and oxygen atoms in total. The molecular weight excluding hydrogens is 202 g/mol. The van der Waals surface area contributed by atoms with Crippen molar-refractivity contribution in [1.82, 2.24) is 0 Å². The summed E-state index contributed by atoms with van der Waals surface area (Å²) in [4.78, 5) is 11.4. The summed E-state index contributed by atoms with van der Waals surface area (Å²) in [5, 5.41) is 0. The average molecular weight is 225 g/mol. The number of hydrogen-bond acceptors (Lipinski definition) is 3. The number of esters is 1. The number of ether oxygens (including phenoxy) is 1. The van der Waals surface area contributed by atoms with Gasteiger partial charge < -0.3 is 10.5 Å². The molecule has 0 spiro atoms. The fraction of sp³-hybridized carbons (Fsp3) is 0.923. The zero-order valence-corrected chi connectivity index (χ0v) is 10.4. The second-order valence-corrected chi connectivity index (χ2v) is 5.85. The Hall–Kier alpha value is -0.570. The standard InChI is InChI=1S/C13H23NO2/c1-3-4-5-6-12-7-13(8-12,9-12)10(14)11(15)16-2/h10H,3-9,14H2,1-2H3. The van der Waals surface area contributed by atoms with Crippen LogP contribution in [0.15, 0.2) is 0 Å². The first-order chi connectivity index (χ1) is 7.57. The summed E-state index contributed by atoms with van der Waals surface area (Å²) in [5.74, 6) is -0.234. The minimum absolute atomic E-state index is 0.110. The molecule has 0 radical (unpaired) electrons. The SMILES string of the molecule is CCCCCC12CC(C(N)C(=O)OC)(C1)C2. The van der Waals surface area contributed by atoms with Gasteiger partial charge in [0.25, 0.3) is 0 Å². The van der Waals surface area contributed by atoms with E-state index < -0.39 is 0 Å². The van der Waals surface area contributed by atoms with E-state index in [9.17, 15) is 4.79 Å². The molecule has 0 aliphatic heterocycles. The first-order valence-corrected chi connectivity index (χ1v) is 6.41. The fourth-order valence-electron chi connectivity index (χ4n) is 3.81. The van der Waals surface area contributed by atoms with E-state index in [-0.39, 0.29) is 17.4 Å².